The molecular formula is C26H26ClF2N7O2. The van der Waals surface area contributed by atoms with Crippen molar-refractivity contribution in [1.29, 1.82) is 0 Å². The normalized spacial score (nSPS) is 11.3. The van der Waals surface area contributed by atoms with E-state index in [1.807, 2.05) is 6.92 Å². The molecule has 198 valence electrons. The second-order valence-corrected chi connectivity index (χ2v) is 8.50. The maximum absolute atomic E-state index is 13.6. The molecule has 0 aliphatic heterocycles. The zero-order valence-electron chi connectivity index (χ0n) is 20.5. The van der Waals surface area contributed by atoms with E-state index in [-0.39, 0.29) is 17.5 Å². The number of hydrogen-bond acceptors (Lipinski definition) is 7. The molecule has 12 heteroatoms. The van der Waals surface area contributed by atoms with Crippen molar-refractivity contribution < 1.29 is 18.3 Å². The highest BCUT2D eigenvalue weighted by molar-refractivity contribution is 6.31. The Morgan fingerprint density at radius 2 is 2.08 bits per heavy atom. The van der Waals surface area contributed by atoms with Gasteiger partial charge in [-0.1, -0.05) is 22.9 Å². The maximum Gasteiger partial charge on any atom is 0.248 e. The predicted octanol–water partition coefficient (Wildman–Crippen LogP) is 5.02. The van der Waals surface area contributed by atoms with E-state index < -0.39 is 12.5 Å². The van der Waals surface area contributed by atoms with Gasteiger partial charge in [0.15, 0.2) is 0 Å². The van der Waals surface area contributed by atoms with E-state index in [1.54, 1.807) is 42.7 Å². The van der Waals surface area contributed by atoms with Crippen LogP contribution >= 0.6 is 11.6 Å². The smallest absolute Gasteiger partial charge is 0.248 e. The van der Waals surface area contributed by atoms with Crippen LogP contribution in [0.4, 0.5) is 25.8 Å². The average molecular weight is 542 g/mol. The minimum absolute atomic E-state index is 0.00403. The molecule has 0 fully saturated rings. The van der Waals surface area contributed by atoms with E-state index in [9.17, 15) is 13.6 Å². The average Bonchev–Trinajstić information content (AvgIpc) is 3.34. The quantitative estimate of drug-likeness (QED) is 0.171. The molecule has 2 heterocycles. The maximum atomic E-state index is 13.6. The van der Waals surface area contributed by atoms with E-state index in [2.05, 4.69) is 31.2 Å². The van der Waals surface area contributed by atoms with Gasteiger partial charge in [-0.15, -0.1) is 5.10 Å². The summed E-state index contributed by atoms with van der Waals surface area (Å²) in [5, 5.41) is 17.7. The molecule has 0 saturated heterocycles. The van der Waals surface area contributed by atoms with Gasteiger partial charge in [0.05, 0.1) is 35.1 Å². The van der Waals surface area contributed by atoms with Crippen LogP contribution in [-0.4, -0.2) is 45.7 Å². The van der Waals surface area contributed by atoms with Crippen LogP contribution in [-0.2, 0) is 17.9 Å². The molecule has 1 amide bonds. The summed E-state index contributed by atoms with van der Waals surface area (Å²) in [4.78, 5) is 17.0. The summed E-state index contributed by atoms with van der Waals surface area (Å²) in [5.41, 5.74) is 3.09. The summed E-state index contributed by atoms with van der Waals surface area (Å²) in [6, 6.07) is 9.64. The fourth-order valence-electron chi connectivity index (χ4n) is 3.62. The number of nitrogens with zero attached hydrogens (tertiary/aromatic N) is 4. The number of hydrogen-bond donors (Lipinski definition) is 3. The number of ether oxygens (including phenoxy) is 1. The Kier molecular flexibility index (Phi) is 9.17. The molecule has 2 aromatic heterocycles. The van der Waals surface area contributed by atoms with Crippen molar-refractivity contribution in [3.8, 4) is 5.75 Å². The summed E-state index contributed by atoms with van der Waals surface area (Å²) in [6.07, 6.45) is 6.40. The Morgan fingerprint density at radius 3 is 2.87 bits per heavy atom. The van der Waals surface area contributed by atoms with Gasteiger partial charge in [-0.2, -0.15) is 0 Å². The van der Waals surface area contributed by atoms with Crippen molar-refractivity contribution in [2.75, 3.05) is 30.5 Å². The third-order valence-electron chi connectivity index (χ3n) is 5.34. The van der Waals surface area contributed by atoms with Crippen LogP contribution in [0.25, 0.3) is 10.9 Å². The van der Waals surface area contributed by atoms with Gasteiger partial charge in [0.25, 0.3) is 0 Å². The number of nitrogens with one attached hydrogen (secondary N) is 3. The highest BCUT2D eigenvalue weighted by Crippen LogP contribution is 2.34. The van der Waals surface area contributed by atoms with Crippen molar-refractivity contribution in [2.24, 2.45) is 0 Å². The van der Waals surface area contributed by atoms with Gasteiger partial charge in [-0.3, -0.25) is 9.78 Å². The molecule has 4 aromatic rings. The fraction of sp³-hybridized carbons (Fsp3) is 0.231. The Bertz CT molecular complexity index is 1440. The third kappa shape index (κ3) is 7.02. The number of carbonyl (C=O) groups is 1. The number of alkyl halides is 1. The summed E-state index contributed by atoms with van der Waals surface area (Å²) in [5.74, 6) is -0.372. The lowest BCUT2D eigenvalue weighted by atomic mass is 10.1. The molecule has 0 spiro atoms. The Balaban J connectivity index is 1.45. The van der Waals surface area contributed by atoms with E-state index >= 15 is 0 Å². The highest BCUT2D eigenvalue weighted by Gasteiger charge is 2.12. The first-order valence-electron chi connectivity index (χ1n) is 11.9. The van der Waals surface area contributed by atoms with E-state index in [1.165, 1.54) is 22.9 Å². The largest absolute Gasteiger partial charge is 0.492 e. The number of anilines is 3. The summed E-state index contributed by atoms with van der Waals surface area (Å²) >= 11 is 5.92. The number of fused-ring (bicyclic) bond motifs is 1. The summed E-state index contributed by atoms with van der Waals surface area (Å²) < 4.78 is 33.1. The molecule has 0 unspecified atom stereocenters. The first-order valence-corrected chi connectivity index (χ1v) is 12.3. The van der Waals surface area contributed by atoms with Gasteiger partial charge in [-0.25, -0.2) is 13.5 Å². The molecule has 4 rings (SSSR count). The van der Waals surface area contributed by atoms with Crippen LogP contribution in [0.3, 0.4) is 0 Å². The van der Waals surface area contributed by atoms with Crippen LogP contribution in [0.1, 0.15) is 12.6 Å². The number of aromatic nitrogens is 4. The molecule has 3 N–H and O–H groups in total. The lowest BCUT2D eigenvalue weighted by molar-refractivity contribution is -0.111. The molecule has 0 aliphatic rings. The Labute approximate surface area is 222 Å². The number of aryl methyl sites for hydroxylation is 1. The van der Waals surface area contributed by atoms with Crippen LogP contribution < -0.4 is 20.7 Å². The standard InChI is InChI=1S/C26H26ClF2N7O2/c1-2-38-25-14-23-19(22(7-10-31-23)32-17-5-6-21(29)20(27)12-17)13-24(25)33-26(37)4-3-9-30-15-18-16-36(11-8-28)35-34-18/h3-7,10,12-14,16,30H,2,8-9,11,15H2,1H3,(H,31,32)(H,33,37)/b4-3+. The van der Waals surface area contributed by atoms with Gasteiger partial charge in [0, 0.05) is 54.4 Å². The lowest BCUT2D eigenvalue weighted by Gasteiger charge is -2.15. The number of carbonyl (C=O) groups excluding carboxylic acids is 1. The number of amides is 1. The zero-order valence-corrected chi connectivity index (χ0v) is 21.3. The molecule has 0 aliphatic carbocycles. The van der Waals surface area contributed by atoms with Crippen LogP contribution in [0.5, 0.6) is 5.75 Å². The predicted molar refractivity (Wildman–Crippen MR) is 143 cm³/mol. The van der Waals surface area contributed by atoms with Crippen LogP contribution in [0.15, 0.2) is 60.9 Å². The number of rotatable bonds is 12. The first kappa shape index (κ1) is 27.0. The molecule has 0 saturated carbocycles. The lowest BCUT2D eigenvalue weighted by Crippen LogP contribution is -2.15. The van der Waals surface area contributed by atoms with E-state index in [0.717, 1.165) is 5.39 Å². The second kappa shape index (κ2) is 12.9. The molecule has 2 aromatic carbocycles. The SMILES string of the molecule is CCOc1cc2nccc(Nc3ccc(F)c(Cl)c3)c2cc1NC(=O)/C=C/CNCc1cn(CCF)nn1. The van der Waals surface area contributed by atoms with Crippen molar-refractivity contribution in [3.63, 3.8) is 0 Å². The minimum Gasteiger partial charge on any atom is -0.492 e. The Morgan fingerprint density at radius 1 is 1.21 bits per heavy atom. The molecule has 0 atom stereocenters. The number of halogens is 3. The molecule has 38 heavy (non-hydrogen) atoms. The topological polar surface area (TPSA) is 106 Å². The number of benzene rings is 2. The van der Waals surface area contributed by atoms with Gasteiger partial charge in [-0.05, 0) is 37.3 Å². The Hall–Kier alpha value is -4.09. The van der Waals surface area contributed by atoms with Crippen molar-refractivity contribution in [1.82, 2.24) is 25.3 Å². The molecule has 0 bridgehead atoms. The van der Waals surface area contributed by atoms with Crippen molar-refractivity contribution in [3.05, 3.63) is 77.5 Å². The fourth-order valence-corrected chi connectivity index (χ4v) is 3.80. The molecule has 9 nitrogen and oxygen atoms in total. The van der Waals surface area contributed by atoms with Crippen molar-refractivity contribution >= 4 is 45.5 Å². The second-order valence-electron chi connectivity index (χ2n) is 8.10. The van der Waals surface area contributed by atoms with Crippen molar-refractivity contribution in [2.45, 2.75) is 20.0 Å². The van der Waals surface area contributed by atoms with Gasteiger partial charge in [0.1, 0.15) is 18.2 Å². The zero-order chi connectivity index (χ0) is 26.9. The van der Waals surface area contributed by atoms with Crippen LogP contribution in [0, 0.1) is 5.82 Å². The third-order valence-corrected chi connectivity index (χ3v) is 5.63. The van der Waals surface area contributed by atoms with Crippen LogP contribution in [0.2, 0.25) is 5.02 Å². The molecular weight excluding hydrogens is 516 g/mol. The highest BCUT2D eigenvalue weighted by atomic mass is 35.5. The van der Waals surface area contributed by atoms with Gasteiger partial charge < -0.3 is 20.7 Å². The van der Waals surface area contributed by atoms with Gasteiger partial charge in [0.2, 0.25) is 5.91 Å². The number of pyridine rings is 1. The summed E-state index contributed by atoms with van der Waals surface area (Å²) in [7, 11) is 0. The van der Waals surface area contributed by atoms with Gasteiger partial charge >= 0.3 is 0 Å². The molecule has 0 radical (unpaired) electrons. The monoisotopic (exact) mass is 541 g/mol. The summed E-state index contributed by atoms with van der Waals surface area (Å²) in [6.45, 7) is 2.75. The van der Waals surface area contributed by atoms with E-state index in [4.69, 9.17) is 16.3 Å². The van der Waals surface area contributed by atoms with E-state index in [0.29, 0.717) is 53.7 Å². The minimum atomic E-state index is -0.507. The first-order chi connectivity index (χ1) is 18.5.